The average molecular weight is 285 g/mol. The first-order valence-electron chi connectivity index (χ1n) is 7.30. The maximum atomic E-state index is 14.8. The van der Waals surface area contributed by atoms with Crippen molar-refractivity contribution in [2.75, 3.05) is 0 Å². The summed E-state index contributed by atoms with van der Waals surface area (Å²) in [5, 5.41) is 0. The molecule has 0 spiro atoms. The zero-order valence-electron chi connectivity index (χ0n) is 12.3. The van der Waals surface area contributed by atoms with Crippen molar-refractivity contribution in [1.29, 1.82) is 0 Å². The van der Waals surface area contributed by atoms with Crippen LogP contribution in [-0.2, 0) is 12.5 Å². The quantitative estimate of drug-likeness (QED) is 0.775. The lowest BCUT2D eigenvalue weighted by Gasteiger charge is -2.44. The highest BCUT2D eigenvalue weighted by Crippen LogP contribution is 2.44. The first-order valence-corrected chi connectivity index (χ1v) is 7.30. The van der Waals surface area contributed by atoms with E-state index in [-0.39, 0.29) is 11.6 Å². The molecule has 0 saturated heterocycles. The maximum Gasteiger partial charge on any atom is 0.288 e. The third kappa shape index (κ3) is 2.71. The fourth-order valence-electron chi connectivity index (χ4n) is 3.00. The molecule has 0 saturated carbocycles. The molecule has 1 aliphatic heterocycles. The Morgan fingerprint density at radius 3 is 2.65 bits per heavy atom. The van der Waals surface area contributed by atoms with E-state index >= 15 is 0 Å². The first kappa shape index (κ1) is 15.4. The molecule has 0 aromatic heterocycles. The molecule has 1 nitrogen and oxygen atoms in total. The van der Waals surface area contributed by atoms with Gasteiger partial charge in [0.05, 0.1) is 6.04 Å². The van der Waals surface area contributed by atoms with E-state index in [0.717, 1.165) is 18.9 Å². The van der Waals surface area contributed by atoms with Crippen molar-refractivity contribution in [2.24, 2.45) is 0 Å². The minimum Gasteiger partial charge on any atom is -0.288 e. The van der Waals surface area contributed by atoms with E-state index in [1.807, 2.05) is 20.8 Å². The molecule has 2 rings (SSSR count). The van der Waals surface area contributed by atoms with Gasteiger partial charge in [-0.2, -0.15) is 8.78 Å². The Morgan fingerprint density at radius 1 is 1.35 bits per heavy atom. The highest BCUT2D eigenvalue weighted by molar-refractivity contribution is 5.35. The van der Waals surface area contributed by atoms with Crippen LogP contribution in [0.25, 0.3) is 0 Å². The largest absolute Gasteiger partial charge is 0.288 e. The van der Waals surface area contributed by atoms with Crippen LogP contribution in [0.4, 0.5) is 13.2 Å². The van der Waals surface area contributed by atoms with Gasteiger partial charge in [0.15, 0.2) is 0 Å². The standard InChI is InChI=1S/C16H22F3N/c1-4-5-6-15-16(18,19)14-8-7-13(17)9-12(14)10-20(15)11(2)3/h7-9,11,15H,4-6,10H2,1-3H3. The van der Waals surface area contributed by atoms with Gasteiger partial charge < -0.3 is 0 Å². The predicted molar refractivity (Wildman–Crippen MR) is 74.3 cm³/mol. The van der Waals surface area contributed by atoms with E-state index in [4.69, 9.17) is 0 Å². The summed E-state index contributed by atoms with van der Waals surface area (Å²) in [5.74, 6) is -3.36. The molecule has 20 heavy (non-hydrogen) atoms. The van der Waals surface area contributed by atoms with Crippen LogP contribution in [0.3, 0.4) is 0 Å². The third-order valence-corrected chi connectivity index (χ3v) is 4.09. The number of nitrogens with zero attached hydrogens (tertiary/aromatic N) is 1. The van der Waals surface area contributed by atoms with Crippen molar-refractivity contribution in [2.45, 2.75) is 64.6 Å². The average Bonchev–Trinajstić information content (AvgIpc) is 2.36. The second kappa shape index (κ2) is 5.76. The van der Waals surface area contributed by atoms with Gasteiger partial charge in [-0.1, -0.05) is 19.8 Å². The van der Waals surface area contributed by atoms with Crippen molar-refractivity contribution in [3.05, 3.63) is 35.1 Å². The van der Waals surface area contributed by atoms with Crippen molar-refractivity contribution >= 4 is 0 Å². The predicted octanol–water partition coefficient (Wildman–Crippen LogP) is 4.70. The normalized spacial score (nSPS) is 22.1. The van der Waals surface area contributed by atoms with Gasteiger partial charge in [0.2, 0.25) is 0 Å². The maximum absolute atomic E-state index is 14.8. The van der Waals surface area contributed by atoms with Crippen molar-refractivity contribution < 1.29 is 13.2 Å². The molecule has 0 amide bonds. The van der Waals surface area contributed by atoms with E-state index in [2.05, 4.69) is 0 Å². The topological polar surface area (TPSA) is 3.24 Å². The summed E-state index contributed by atoms with van der Waals surface area (Å²) in [7, 11) is 0. The molecule has 1 unspecified atom stereocenters. The Bertz CT molecular complexity index is 471. The highest BCUT2D eigenvalue weighted by Gasteiger charge is 2.49. The van der Waals surface area contributed by atoms with Crippen LogP contribution in [0.5, 0.6) is 0 Å². The van der Waals surface area contributed by atoms with Crippen LogP contribution in [-0.4, -0.2) is 17.0 Å². The van der Waals surface area contributed by atoms with E-state index < -0.39 is 17.8 Å². The lowest BCUT2D eigenvalue weighted by molar-refractivity contribution is -0.116. The van der Waals surface area contributed by atoms with Gasteiger partial charge in [-0.3, -0.25) is 4.90 Å². The van der Waals surface area contributed by atoms with E-state index in [1.54, 1.807) is 4.90 Å². The van der Waals surface area contributed by atoms with Crippen molar-refractivity contribution in [1.82, 2.24) is 4.90 Å². The van der Waals surface area contributed by atoms with Crippen LogP contribution in [0.1, 0.15) is 51.2 Å². The van der Waals surface area contributed by atoms with Crippen LogP contribution in [0.2, 0.25) is 0 Å². The van der Waals surface area contributed by atoms with E-state index in [0.29, 0.717) is 18.5 Å². The van der Waals surface area contributed by atoms with Gasteiger partial charge in [0.1, 0.15) is 5.82 Å². The van der Waals surface area contributed by atoms with Crippen molar-refractivity contribution in [3.63, 3.8) is 0 Å². The third-order valence-electron chi connectivity index (χ3n) is 4.09. The molecule has 1 atom stereocenters. The summed E-state index contributed by atoms with van der Waals surface area (Å²) in [6.07, 6.45) is 2.15. The van der Waals surface area contributed by atoms with E-state index in [1.165, 1.54) is 12.1 Å². The minimum atomic E-state index is -2.92. The molecule has 0 fully saturated rings. The second-order valence-electron chi connectivity index (χ2n) is 5.85. The summed E-state index contributed by atoms with van der Waals surface area (Å²) in [5.41, 5.74) is 0.411. The second-order valence-corrected chi connectivity index (χ2v) is 5.85. The molecular weight excluding hydrogens is 263 g/mol. The molecule has 0 N–H and O–H groups in total. The Hall–Kier alpha value is -1.03. The summed E-state index contributed by atoms with van der Waals surface area (Å²) in [6.45, 7) is 6.23. The molecule has 0 aliphatic carbocycles. The highest BCUT2D eigenvalue weighted by atomic mass is 19.3. The number of rotatable bonds is 4. The number of halogens is 3. The molecule has 1 aromatic rings. The van der Waals surface area contributed by atoms with Gasteiger partial charge in [-0.05, 0) is 44.0 Å². The smallest absolute Gasteiger partial charge is 0.288 e. The van der Waals surface area contributed by atoms with Crippen LogP contribution in [0, 0.1) is 5.82 Å². The lowest BCUT2D eigenvalue weighted by atomic mass is 9.86. The summed E-state index contributed by atoms with van der Waals surface area (Å²) >= 11 is 0. The SMILES string of the molecule is CCCCC1N(C(C)C)Cc2cc(F)ccc2C1(F)F. The number of alkyl halides is 2. The fourth-order valence-corrected chi connectivity index (χ4v) is 3.00. The van der Waals surface area contributed by atoms with Crippen LogP contribution >= 0.6 is 0 Å². The van der Waals surface area contributed by atoms with Crippen LogP contribution < -0.4 is 0 Å². The number of hydrogen-bond acceptors (Lipinski definition) is 1. The molecule has 0 bridgehead atoms. The summed E-state index contributed by atoms with van der Waals surface area (Å²) < 4.78 is 42.8. The van der Waals surface area contributed by atoms with E-state index in [9.17, 15) is 13.2 Å². The summed E-state index contributed by atoms with van der Waals surface area (Å²) in [6, 6.07) is 2.85. The lowest BCUT2D eigenvalue weighted by Crippen LogP contribution is -2.52. The number of benzene rings is 1. The number of fused-ring (bicyclic) bond motifs is 1. The molecular formula is C16H22F3N. The summed E-state index contributed by atoms with van der Waals surface area (Å²) in [4.78, 5) is 1.80. The monoisotopic (exact) mass is 285 g/mol. The number of unbranched alkanes of at least 4 members (excludes halogenated alkanes) is 1. The van der Waals surface area contributed by atoms with Gasteiger partial charge in [-0.25, -0.2) is 4.39 Å². The molecule has 112 valence electrons. The first-order chi connectivity index (χ1) is 9.37. The Kier molecular flexibility index (Phi) is 4.43. The van der Waals surface area contributed by atoms with Gasteiger partial charge in [-0.15, -0.1) is 0 Å². The van der Waals surface area contributed by atoms with Gasteiger partial charge in [0, 0.05) is 18.2 Å². The molecule has 0 radical (unpaired) electrons. The molecule has 1 heterocycles. The molecule has 1 aromatic carbocycles. The molecule has 1 aliphatic rings. The van der Waals surface area contributed by atoms with Crippen LogP contribution in [0.15, 0.2) is 18.2 Å². The Morgan fingerprint density at radius 2 is 2.05 bits per heavy atom. The Balaban J connectivity index is 2.43. The minimum absolute atomic E-state index is 0.00287. The van der Waals surface area contributed by atoms with Crippen molar-refractivity contribution in [3.8, 4) is 0 Å². The Labute approximate surface area is 118 Å². The zero-order chi connectivity index (χ0) is 14.9. The number of hydrogen-bond donors (Lipinski definition) is 0. The van der Waals surface area contributed by atoms with Gasteiger partial charge >= 0.3 is 0 Å². The zero-order valence-corrected chi connectivity index (χ0v) is 12.3. The fraction of sp³-hybridized carbons (Fsp3) is 0.625. The van der Waals surface area contributed by atoms with Gasteiger partial charge in [0.25, 0.3) is 5.92 Å². The molecule has 4 heteroatoms.